The van der Waals surface area contributed by atoms with E-state index < -0.39 is 10.0 Å². The highest BCUT2D eigenvalue weighted by Gasteiger charge is 2.28. The number of anilines is 1. The predicted octanol–water partition coefficient (Wildman–Crippen LogP) is 0.116. The highest BCUT2D eigenvalue weighted by atomic mass is 32.2. The van der Waals surface area contributed by atoms with Gasteiger partial charge in [-0.05, 0) is 29.3 Å². The third-order valence-corrected chi connectivity index (χ3v) is 6.67. The molecule has 2 aromatic rings. The van der Waals surface area contributed by atoms with E-state index in [9.17, 15) is 13.2 Å². The van der Waals surface area contributed by atoms with Gasteiger partial charge in [0.2, 0.25) is 15.9 Å². The average molecular weight is 402 g/mol. The summed E-state index contributed by atoms with van der Waals surface area (Å²) in [7, 11) is -3.73. The Morgan fingerprint density at radius 3 is 2.61 bits per heavy atom. The smallest absolute Gasteiger partial charge is 0.241 e. The number of amides is 1. The molecule has 4 rings (SSSR count). The van der Waals surface area contributed by atoms with Crippen LogP contribution < -0.4 is 14.9 Å². The van der Waals surface area contributed by atoms with Crippen LogP contribution in [0.4, 0.5) is 5.69 Å². The summed E-state index contributed by atoms with van der Waals surface area (Å²) in [5, 5.41) is 2.73. The minimum Gasteiger partial charge on any atom is -0.370 e. The first-order valence-electron chi connectivity index (χ1n) is 9.43. The number of sulfonamides is 1. The van der Waals surface area contributed by atoms with Crippen LogP contribution in [-0.4, -0.2) is 47.2 Å². The third kappa shape index (κ3) is 4.25. The molecule has 28 heavy (non-hydrogen) atoms. The molecule has 2 aliphatic rings. The van der Waals surface area contributed by atoms with Crippen LogP contribution in [0, 0.1) is 0 Å². The van der Waals surface area contributed by atoms with Gasteiger partial charge in [0, 0.05) is 5.69 Å². The highest BCUT2D eigenvalue weighted by Crippen LogP contribution is 2.26. The van der Waals surface area contributed by atoms with Crippen molar-refractivity contribution >= 4 is 21.6 Å². The number of hydrogen-bond acceptors (Lipinski definition) is 4. The zero-order valence-corrected chi connectivity index (χ0v) is 16.3. The molecule has 3 N–H and O–H groups in total. The summed E-state index contributed by atoms with van der Waals surface area (Å²) in [6, 6.07) is 14.1. The van der Waals surface area contributed by atoms with Crippen LogP contribution >= 0.6 is 0 Å². The fourth-order valence-corrected chi connectivity index (χ4v) is 4.97. The molecule has 0 spiro atoms. The number of ether oxygens (including phenoxy) is 1. The standard InChI is InChI=1S/C20H23N3O4S/c24-20-13-16-12-17(6-7-18(16)21-20)28(25,26)22-19(15-4-2-1-3-5-15)14-23-8-10-27-11-9-23/h1-7,12,19,22H,8-11,13-14H2,(H,21,24)/p+1/t19-/m1/s1. The van der Waals surface area contributed by atoms with Gasteiger partial charge in [-0.1, -0.05) is 30.3 Å². The maximum atomic E-state index is 13.1. The number of nitrogens with one attached hydrogen (secondary N) is 3. The van der Waals surface area contributed by atoms with E-state index >= 15 is 0 Å². The Morgan fingerprint density at radius 2 is 1.86 bits per heavy atom. The lowest BCUT2D eigenvalue weighted by atomic mass is 10.1. The maximum Gasteiger partial charge on any atom is 0.241 e. The Bertz CT molecular complexity index is 957. The largest absolute Gasteiger partial charge is 0.370 e. The van der Waals surface area contributed by atoms with Gasteiger partial charge in [-0.3, -0.25) is 4.79 Å². The fourth-order valence-electron chi connectivity index (χ4n) is 3.69. The predicted molar refractivity (Wildman–Crippen MR) is 105 cm³/mol. The van der Waals surface area contributed by atoms with Gasteiger partial charge in [0.15, 0.2) is 0 Å². The van der Waals surface area contributed by atoms with Crippen molar-refractivity contribution in [2.45, 2.75) is 17.4 Å². The summed E-state index contributed by atoms with van der Waals surface area (Å²) in [6.07, 6.45) is 0.207. The molecule has 148 valence electrons. The van der Waals surface area contributed by atoms with E-state index in [4.69, 9.17) is 4.74 Å². The number of quaternary nitrogens is 1. The van der Waals surface area contributed by atoms with Gasteiger partial charge in [0.05, 0.1) is 37.1 Å². The van der Waals surface area contributed by atoms with E-state index in [1.54, 1.807) is 12.1 Å². The molecule has 0 aliphatic carbocycles. The van der Waals surface area contributed by atoms with Gasteiger partial charge in [-0.15, -0.1) is 0 Å². The summed E-state index contributed by atoms with van der Waals surface area (Å²) in [5.41, 5.74) is 2.33. The molecule has 7 nitrogen and oxygen atoms in total. The minimum absolute atomic E-state index is 0.115. The van der Waals surface area contributed by atoms with Crippen molar-refractivity contribution in [2.75, 3.05) is 38.2 Å². The monoisotopic (exact) mass is 402 g/mol. The van der Waals surface area contributed by atoms with E-state index in [2.05, 4.69) is 10.0 Å². The lowest BCUT2D eigenvalue weighted by molar-refractivity contribution is -0.909. The van der Waals surface area contributed by atoms with Crippen molar-refractivity contribution in [3.05, 3.63) is 59.7 Å². The Morgan fingerprint density at radius 1 is 1.11 bits per heavy atom. The lowest BCUT2D eigenvalue weighted by Crippen LogP contribution is -3.14. The quantitative estimate of drug-likeness (QED) is 0.640. The molecule has 1 amide bonds. The molecule has 1 saturated heterocycles. The molecular weight excluding hydrogens is 378 g/mol. The molecule has 0 unspecified atom stereocenters. The normalized spacial score (nSPS) is 18.5. The van der Waals surface area contributed by atoms with E-state index in [0.29, 0.717) is 31.0 Å². The molecule has 1 fully saturated rings. The van der Waals surface area contributed by atoms with Crippen molar-refractivity contribution < 1.29 is 22.8 Å². The number of hydrogen-bond donors (Lipinski definition) is 3. The first kappa shape index (κ1) is 19.1. The minimum atomic E-state index is -3.73. The zero-order chi connectivity index (χ0) is 19.6. The Kier molecular flexibility index (Phi) is 5.45. The summed E-state index contributed by atoms with van der Waals surface area (Å²) >= 11 is 0. The van der Waals surface area contributed by atoms with E-state index in [1.165, 1.54) is 11.0 Å². The topological polar surface area (TPSA) is 88.9 Å². The SMILES string of the molecule is O=C1Cc2cc(S(=O)(=O)N[C@H](C[NH+]3CCOCC3)c3ccccc3)ccc2N1. The number of carbonyl (C=O) groups excluding carboxylic acids is 1. The zero-order valence-electron chi connectivity index (χ0n) is 15.5. The molecule has 0 bridgehead atoms. The van der Waals surface area contributed by atoms with Gasteiger partial charge < -0.3 is 15.0 Å². The molecule has 8 heteroatoms. The Hall–Kier alpha value is -2.26. The molecule has 2 aliphatic heterocycles. The molecule has 2 aromatic carbocycles. The Labute approximate surface area is 164 Å². The fraction of sp³-hybridized carbons (Fsp3) is 0.350. The molecule has 0 saturated carbocycles. The molecular formula is C20H24N3O4S+. The average Bonchev–Trinajstić information content (AvgIpc) is 3.08. The van der Waals surface area contributed by atoms with E-state index in [-0.39, 0.29) is 23.3 Å². The van der Waals surface area contributed by atoms with Gasteiger partial charge in [0.1, 0.15) is 13.1 Å². The molecule has 1 atom stereocenters. The second-order valence-corrected chi connectivity index (χ2v) is 8.91. The summed E-state index contributed by atoms with van der Waals surface area (Å²) in [4.78, 5) is 13.0. The number of rotatable bonds is 6. The van der Waals surface area contributed by atoms with Crippen molar-refractivity contribution in [2.24, 2.45) is 0 Å². The van der Waals surface area contributed by atoms with E-state index in [0.717, 1.165) is 18.7 Å². The van der Waals surface area contributed by atoms with Crippen LogP contribution in [-0.2, 0) is 26.0 Å². The summed E-state index contributed by atoms with van der Waals surface area (Å²) < 4.78 is 34.5. The van der Waals surface area contributed by atoms with Crippen LogP contribution in [0.3, 0.4) is 0 Å². The van der Waals surface area contributed by atoms with Crippen LogP contribution in [0.5, 0.6) is 0 Å². The van der Waals surface area contributed by atoms with Gasteiger partial charge >= 0.3 is 0 Å². The van der Waals surface area contributed by atoms with Crippen molar-refractivity contribution in [3.63, 3.8) is 0 Å². The van der Waals surface area contributed by atoms with Crippen LogP contribution in [0.2, 0.25) is 0 Å². The third-order valence-electron chi connectivity index (χ3n) is 5.20. The van der Waals surface area contributed by atoms with Gasteiger partial charge in [-0.2, -0.15) is 4.72 Å². The van der Waals surface area contributed by atoms with Gasteiger partial charge in [-0.25, -0.2) is 8.42 Å². The maximum absolute atomic E-state index is 13.1. The van der Waals surface area contributed by atoms with Crippen LogP contribution in [0.1, 0.15) is 17.2 Å². The highest BCUT2D eigenvalue weighted by molar-refractivity contribution is 7.89. The summed E-state index contributed by atoms with van der Waals surface area (Å²) in [5.74, 6) is -0.115. The first-order chi connectivity index (χ1) is 13.5. The lowest BCUT2D eigenvalue weighted by Gasteiger charge is -2.28. The van der Waals surface area contributed by atoms with Crippen molar-refractivity contribution in [3.8, 4) is 0 Å². The summed E-state index contributed by atoms with van der Waals surface area (Å²) in [6.45, 7) is 3.75. The number of benzene rings is 2. The van der Waals surface area contributed by atoms with Crippen LogP contribution in [0.15, 0.2) is 53.4 Å². The van der Waals surface area contributed by atoms with Crippen LogP contribution in [0.25, 0.3) is 0 Å². The second-order valence-electron chi connectivity index (χ2n) is 7.19. The molecule has 0 radical (unpaired) electrons. The van der Waals surface area contributed by atoms with Crippen molar-refractivity contribution in [1.29, 1.82) is 0 Å². The van der Waals surface area contributed by atoms with E-state index in [1.807, 2.05) is 30.3 Å². The van der Waals surface area contributed by atoms with Gasteiger partial charge in [0.25, 0.3) is 0 Å². The Balaban J connectivity index is 1.58. The van der Waals surface area contributed by atoms with Crippen molar-refractivity contribution in [1.82, 2.24) is 4.72 Å². The number of morpholine rings is 1. The molecule has 2 heterocycles. The number of fused-ring (bicyclic) bond motifs is 1. The number of carbonyl (C=O) groups is 1. The second kappa shape index (κ2) is 8.00. The first-order valence-corrected chi connectivity index (χ1v) is 10.9. The molecule has 0 aromatic heterocycles.